The molecular weight excluding hydrogens is 398 g/mol. The van der Waals surface area contributed by atoms with E-state index in [4.69, 9.17) is 14.5 Å². The average molecular weight is 428 g/mol. The Morgan fingerprint density at radius 1 is 1.19 bits per heavy atom. The van der Waals surface area contributed by atoms with Gasteiger partial charge in [-0.15, -0.1) is 0 Å². The lowest BCUT2D eigenvalue weighted by molar-refractivity contribution is -0.117. The van der Waals surface area contributed by atoms with Gasteiger partial charge in [-0.1, -0.05) is 20.8 Å². The van der Waals surface area contributed by atoms with Crippen LogP contribution in [-0.4, -0.2) is 32.1 Å². The number of furan rings is 1. The smallest absolute Gasteiger partial charge is 0.449 e. The van der Waals surface area contributed by atoms with Crippen molar-refractivity contribution in [2.45, 2.75) is 60.4 Å². The summed E-state index contributed by atoms with van der Waals surface area (Å²) in [5.74, 6) is 0.579. The van der Waals surface area contributed by atoms with E-state index in [1.165, 1.54) is 13.0 Å². The number of carboxylic acid groups (broad SMARTS) is 1. The molecule has 0 saturated carbocycles. The number of carbonyl (C=O) groups is 2. The number of pyridine rings is 1. The number of amides is 1. The number of imidazole rings is 1. The molecule has 0 aromatic carbocycles. The van der Waals surface area contributed by atoms with Crippen LogP contribution in [0.3, 0.4) is 0 Å². The Labute approximate surface area is 181 Å². The van der Waals surface area contributed by atoms with Crippen LogP contribution in [0.25, 0.3) is 17.1 Å². The maximum absolute atomic E-state index is 13.0. The number of ether oxygens (including phenoxy) is 1. The number of aryl methyl sites for hydroxylation is 1. The van der Waals surface area contributed by atoms with E-state index in [0.29, 0.717) is 22.9 Å². The predicted molar refractivity (Wildman–Crippen MR) is 118 cm³/mol. The predicted octanol–water partition coefficient (Wildman–Crippen LogP) is 5.53. The van der Waals surface area contributed by atoms with Gasteiger partial charge in [0.05, 0.1) is 0 Å². The zero-order valence-electron chi connectivity index (χ0n) is 19.0. The maximum atomic E-state index is 13.0. The lowest BCUT2D eigenvalue weighted by Crippen LogP contribution is -2.50. The molecule has 0 atom stereocenters. The average Bonchev–Trinajstić information content (AvgIpc) is 3.16. The molecule has 3 heterocycles. The van der Waals surface area contributed by atoms with Crippen molar-refractivity contribution in [2.75, 3.05) is 4.90 Å². The largest absolute Gasteiger partial charge is 0.513 e. The molecule has 3 aromatic heterocycles. The molecule has 0 fully saturated rings. The van der Waals surface area contributed by atoms with Gasteiger partial charge in [0, 0.05) is 24.7 Å². The fourth-order valence-corrected chi connectivity index (χ4v) is 4.34. The van der Waals surface area contributed by atoms with Gasteiger partial charge in [0.15, 0.2) is 11.6 Å². The first-order valence-electron chi connectivity index (χ1n) is 10.1. The van der Waals surface area contributed by atoms with Gasteiger partial charge in [0.2, 0.25) is 5.91 Å². The molecule has 0 spiro atoms. The van der Waals surface area contributed by atoms with E-state index < -0.39 is 11.7 Å². The van der Waals surface area contributed by atoms with Crippen molar-refractivity contribution in [2.24, 2.45) is 5.41 Å². The summed E-state index contributed by atoms with van der Waals surface area (Å²) in [4.78, 5) is 30.3. The van der Waals surface area contributed by atoms with Crippen LogP contribution in [0.4, 0.5) is 10.6 Å². The summed E-state index contributed by atoms with van der Waals surface area (Å²) < 4.78 is 12.1. The molecule has 0 aliphatic rings. The number of carbonyl (C=O) groups excluding carboxylic acids is 1. The first-order chi connectivity index (χ1) is 14.3. The molecule has 3 aromatic rings. The van der Waals surface area contributed by atoms with Crippen molar-refractivity contribution in [3.05, 3.63) is 36.0 Å². The number of aromatic nitrogens is 2. The van der Waals surface area contributed by atoms with Crippen LogP contribution < -0.4 is 9.64 Å². The van der Waals surface area contributed by atoms with Gasteiger partial charge >= 0.3 is 6.16 Å². The van der Waals surface area contributed by atoms with Crippen LogP contribution >= 0.6 is 0 Å². The summed E-state index contributed by atoms with van der Waals surface area (Å²) in [7, 11) is 0. The summed E-state index contributed by atoms with van der Waals surface area (Å²) in [6.07, 6.45) is 1.14. The third kappa shape index (κ3) is 4.73. The Morgan fingerprint density at radius 3 is 2.45 bits per heavy atom. The number of rotatable bonds is 5. The van der Waals surface area contributed by atoms with Gasteiger partial charge in [-0.25, -0.2) is 9.78 Å². The quantitative estimate of drug-likeness (QED) is 0.538. The van der Waals surface area contributed by atoms with E-state index in [2.05, 4.69) is 25.5 Å². The summed E-state index contributed by atoms with van der Waals surface area (Å²) in [6, 6.07) is 6.87. The van der Waals surface area contributed by atoms with Crippen molar-refractivity contribution in [1.29, 1.82) is 0 Å². The third-order valence-electron chi connectivity index (χ3n) is 4.85. The summed E-state index contributed by atoms with van der Waals surface area (Å²) in [5.41, 5.74) is 1.55. The second-order valence-electron chi connectivity index (χ2n) is 9.61. The van der Waals surface area contributed by atoms with Gasteiger partial charge in [0.25, 0.3) is 5.95 Å². The Bertz CT molecular complexity index is 1130. The van der Waals surface area contributed by atoms with Gasteiger partial charge < -0.3 is 14.3 Å². The van der Waals surface area contributed by atoms with E-state index in [1.54, 1.807) is 11.0 Å². The molecule has 0 aliphatic heterocycles. The Kier molecular flexibility index (Phi) is 5.60. The van der Waals surface area contributed by atoms with Crippen molar-refractivity contribution >= 4 is 23.5 Å². The topological polar surface area (TPSA) is 97.3 Å². The second-order valence-corrected chi connectivity index (χ2v) is 9.61. The Morgan fingerprint density at radius 2 is 1.87 bits per heavy atom. The van der Waals surface area contributed by atoms with Crippen LogP contribution in [0, 0.1) is 12.3 Å². The minimum atomic E-state index is -1.47. The Hall–Kier alpha value is -3.29. The highest BCUT2D eigenvalue weighted by Crippen LogP contribution is 2.40. The van der Waals surface area contributed by atoms with E-state index in [9.17, 15) is 9.59 Å². The van der Waals surface area contributed by atoms with Crippen LogP contribution in [0.15, 0.2) is 34.9 Å². The lowest BCUT2D eigenvalue weighted by Gasteiger charge is -2.41. The van der Waals surface area contributed by atoms with Crippen molar-refractivity contribution in [3.8, 4) is 17.4 Å². The first-order valence-corrected chi connectivity index (χ1v) is 10.1. The molecule has 31 heavy (non-hydrogen) atoms. The van der Waals surface area contributed by atoms with Crippen molar-refractivity contribution in [1.82, 2.24) is 9.38 Å². The number of fused-ring (bicyclic) bond motifs is 1. The van der Waals surface area contributed by atoms with Crippen LogP contribution in [-0.2, 0) is 4.79 Å². The highest BCUT2D eigenvalue weighted by molar-refractivity contribution is 5.96. The zero-order chi connectivity index (χ0) is 23.1. The number of hydrogen-bond donors (Lipinski definition) is 1. The van der Waals surface area contributed by atoms with E-state index in [1.807, 2.05) is 43.5 Å². The molecule has 0 aliphatic carbocycles. The Balaban J connectivity index is 2.25. The third-order valence-corrected chi connectivity index (χ3v) is 4.85. The SMILES string of the molecule is CC(=O)N(c1c(-c2ccc(OC(=O)O)o2)nc2cc(C)ccn12)C(C)(C)CC(C)(C)C. The molecule has 8 heteroatoms. The van der Waals surface area contributed by atoms with Gasteiger partial charge in [-0.3, -0.25) is 14.1 Å². The van der Waals surface area contributed by atoms with E-state index in [-0.39, 0.29) is 17.3 Å². The minimum absolute atomic E-state index is 0.0262. The molecule has 166 valence electrons. The van der Waals surface area contributed by atoms with Crippen LogP contribution in [0.2, 0.25) is 0 Å². The summed E-state index contributed by atoms with van der Waals surface area (Å²) in [6.45, 7) is 13.9. The van der Waals surface area contributed by atoms with Crippen molar-refractivity contribution in [3.63, 3.8) is 0 Å². The molecule has 0 unspecified atom stereocenters. The fourth-order valence-electron chi connectivity index (χ4n) is 4.34. The first kappa shape index (κ1) is 22.4. The standard InChI is InChI=1S/C23H29N3O5/c1-14-10-11-25-17(12-14)24-19(16-8-9-18(30-16)31-21(28)29)20(25)26(15(2)27)23(6,7)13-22(3,4)5/h8-12H,13H2,1-7H3,(H,28,29). The van der Waals surface area contributed by atoms with Gasteiger partial charge in [-0.2, -0.15) is 0 Å². The molecular formula is C23H29N3O5. The van der Waals surface area contributed by atoms with E-state index in [0.717, 1.165) is 12.0 Å². The minimum Gasteiger partial charge on any atom is -0.449 e. The molecule has 1 N–H and O–H groups in total. The maximum Gasteiger partial charge on any atom is 0.513 e. The zero-order valence-corrected chi connectivity index (χ0v) is 19.0. The molecule has 8 nitrogen and oxygen atoms in total. The van der Waals surface area contributed by atoms with Crippen LogP contribution in [0.5, 0.6) is 5.95 Å². The number of anilines is 1. The lowest BCUT2D eigenvalue weighted by atomic mass is 9.80. The molecule has 1 amide bonds. The normalized spacial score (nSPS) is 12.2. The molecule has 0 saturated heterocycles. The molecule has 0 radical (unpaired) electrons. The monoisotopic (exact) mass is 427 g/mol. The second kappa shape index (κ2) is 7.76. The highest BCUT2D eigenvalue weighted by atomic mass is 16.7. The molecule has 3 rings (SSSR count). The highest BCUT2D eigenvalue weighted by Gasteiger charge is 2.38. The fraction of sp³-hybridized carbons (Fsp3) is 0.435. The van der Waals surface area contributed by atoms with E-state index >= 15 is 0 Å². The van der Waals surface area contributed by atoms with Crippen molar-refractivity contribution < 1.29 is 23.8 Å². The molecule has 0 bridgehead atoms. The number of hydrogen-bond acceptors (Lipinski definition) is 5. The van der Waals surface area contributed by atoms with Gasteiger partial charge in [0.1, 0.15) is 11.3 Å². The summed E-state index contributed by atoms with van der Waals surface area (Å²) >= 11 is 0. The van der Waals surface area contributed by atoms with Crippen LogP contribution in [0.1, 0.15) is 53.5 Å². The number of nitrogens with zero attached hydrogens (tertiary/aromatic N) is 3. The summed E-state index contributed by atoms with van der Waals surface area (Å²) in [5, 5.41) is 8.87. The van der Waals surface area contributed by atoms with Gasteiger partial charge in [-0.05, 0) is 56.4 Å².